The number of ether oxygens (including phenoxy) is 1. The van der Waals surface area contributed by atoms with E-state index >= 15 is 0 Å². The highest BCUT2D eigenvalue weighted by atomic mass is 16.5. The SMILES string of the molecule is COCCCC(N)C(=O)Nc1ccc(C)c(C)c1. The Morgan fingerprint density at radius 1 is 1.39 bits per heavy atom. The van der Waals surface area contributed by atoms with E-state index < -0.39 is 6.04 Å². The molecular formula is C14H22N2O2. The molecule has 1 rings (SSSR count). The number of rotatable bonds is 6. The van der Waals surface area contributed by atoms with Gasteiger partial charge in [0, 0.05) is 19.4 Å². The zero-order valence-electron chi connectivity index (χ0n) is 11.3. The smallest absolute Gasteiger partial charge is 0.241 e. The summed E-state index contributed by atoms with van der Waals surface area (Å²) >= 11 is 0. The van der Waals surface area contributed by atoms with Crippen LogP contribution in [0.4, 0.5) is 5.69 Å². The predicted molar refractivity (Wildman–Crippen MR) is 73.6 cm³/mol. The van der Waals surface area contributed by atoms with E-state index in [1.165, 1.54) is 5.56 Å². The molecule has 1 aromatic rings. The number of nitrogens with one attached hydrogen (secondary N) is 1. The highest BCUT2D eigenvalue weighted by molar-refractivity contribution is 5.94. The van der Waals surface area contributed by atoms with Gasteiger partial charge in [0.25, 0.3) is 0 Å². The molecule has 1 aromatic carbocycles. The lowest BCUT2D eigenvalue weighted by molar-refractivity contribution is -0.117. The lowest BCUT2D eigenvalue weighted by atomic mass is 10.1. The van der Waals surface area contributed by atoms with Crippen molar-refractivity contribution in [3.63, 3.8) is 0 Å². The fraction of sp³-hybridized carbons (Fsp3) is 0.500. The maximum Gasteiger partial charge on any atom is 0.241 e. The van der Waals surface area contributed by atoms with Crippen molar-refractivity contribution < 1.29 is 9.53 Å². The molecule has 4 nitrogen and oxygen atoms in total. The first-order chi connectivity index (χ1) is 8.54. The van der Waals surface area contributed by atoms with Crippen LogP contribution in [0.2, 0.25) is 0 Å². The molecule has 1 amide bonds. The van der Waals surface area contributed by atoms with Gasteiger partial charge >= 0.3 is 0 Å². The molecule has 1 unspecified atom stereocenters. The van der Waals surface area contributed by atoms with E-state index in [0.717, 1.165) is 17.7 Å². The van der Waals surface area contributed by atoms with Gasteiger partial charge in [-0.2, -0.15) is 0 Å². The van der Waals surface area contributed by atoms with E-state index in [9.17, 15) is 4.79 Å². The number of amides is 1. The van der Waals surface area contributed by atoms with Gasteiger partial charge in [-0.1, -0.05) is 6.07 Å². The third-order valence-corrected chi connectivity index (χ3v) is 2.97. The minimum Gasteiger partial charge on any atom is -0.385 e. The standard InChI is InChI=1S/C14H22N2O2/c1-10-6-7-12(9-11(10)2)16-14(17)13(15)5-4-8-18-3/h6-7,9,13H,4-5,8,15H2,1-3H3,(H,16,17). The van der Waals surface area contributed by atoms with E-state index in [1.54, 1.807) is 7.11 Å². The van der Waals surface area contributed by atoms with Crippen molar-refractivity contribution in [2.45, 2.75) is 32.7 Å². The van der Waals surface area contributed by atoms with Crippen LogP contribution in [0.5, 0.6) is 0 Å². The van der Waals surface area contributed by atoms with Crippen LogP contribution >= 0.6 is 0 Å². The summed E-state index contributed by atoms with van der Waals surface area (Å²) in [6.45, 7) is 4.69. The second-order valence-electron chi connectivity index (χ2n) is 4.53. The average Bonchev–Trinajstić information content (AvgIpc) is 2.34. The number of anilines is 1. The predicted octanol–water partition coefficient (Wildman–Crippen LogP) is 2.00. The Morgan fingerprint density at radius 3 is 2.72 bits per heavy atom. The van der Waals surface area contributed by atoms with Crippen LogP contribution in [-0.2, 0) is 9.53 Å². The highest BCUT2D eigenvalue weighted by Gasteiger charge is 2.13. The number of methoxy groups -OCH3 is 1. The van der Waals surface area contributed by atoms with Crippen LogP contribution in [0.3, 0.4) is 0 Å². The lowest BCUT2D eigenvalue weighted by Crippen LogP contribution is -2.35. The molecule has 0 aliphatic rings. The summed E-state index contributed by atoms with van der Waals surface area (Å²) in [5, 5.41) is 2.83. The molecule has 0 bridgehead atoms. The van der Waals surface area contributed by atoms with E-state index in [4.69, 9.17) is 10.5 Å². The molecule has 0 aliphatic heterocycles. The fourth-order valence-corrected chi connectivity index (χ4v) is 1.63. The van der Waals surface area contributed by atoms with Gasteiger partial charge in [0.05, 0.1) is 6.04 Å². The summed E-state index contributed by atoms with van der Waals surface area (Å²) in [4.78, 5) is 11.8. The quantitative estimate of drug-likeness (QED) is 0.759. The van der Waals surface area contributed by atoms with Gasteiger partial charge < -0.3 is 15.8 Å². The van der Waals surface area contributed by atoms with Crippen molar-refractivity contribution in [1.29, 1.82) is 0 Å². The van der Waals surface area contributed by atoms with Crippen molar-refractivity contribution in [3.8, 4) is 0 Å². The largest absolute Gasteiger partial charge is 0.385 e. The minimum absolute atomic E-state index is 0.144. The van der Waals surface area contributed by atoms with Gasteiger partial charge in [0.1, 0.15) is 0 Å². The van der Waals surface area contributed by atoms with Crippen molar-refractivity contribution in [3.05, 3.63) is 29.3 Å². The normalized spacial score (nSPS) is 12.2. The number of aryl methyl sites for hydroxylation is 2. The second-order valence-corrected chi connectivity index (χ2v) is 4.53. The van der Waals surface area contributed by atoms with Crippen LogP contribution in [0.15, 0.2) is 18.2 Å². The molecule has 18 heavy (non-hydrogen) atoms. The van der Waals surface area contributed by atoms with Crippen molar-refractivity contribution in [2.75, 3.05) is 19.0 Å². The minimum atomic E-state index is -0.484. The number of carbonyl (C=O) groups is 1. The number of benzene rings is 1. The molecule has 0 heterocycles. The Bertz CT molecular complexity index is 405. The Kier molecular flexibility index (Phi) is 5.82. The molecule has 1 atom stereocenters. The van der Waals surface area contributed by atoms with Crippen LogP contribution in [0.25, 0.3) is 0 Å². The summed E-state index contributed by atoms with van der Waals surface area (Å²) in [5.74, 6) is -0.144. The maximum absolute atomic E-state index is 11.8. The summed E-state index contributed by atoms with van der Waals surface area (Å²) in [7, 11) is 1.64. The summed E-state index contributed by atoms with van der Waals surface area (Å²) in [6.07, 6.45) is 1.42. The molecular weight excluding hydrogens is 228 g/mol. The van der Waals surface area contributed by atoms with Crippen molar-refractivity contribution >= 4 is 11.6 Å². The van der Waals surface area contributed by atoms with E-state index in [1.807, 2.05) is 32.0 Å². The van der Waals surface area contributed by atoms with Gasteiger partial charge in [-0.3, -0.25) is 4.79 Å². The summed E-state index contributed by atoms with van der Waals surface area (Å²) < 4.78 is 4.93. The highest BCUT2D eigenvalue weighted by Crippen LogP contribution is 2.14. The van der Waals surface area contributed by atoms with Gasteiger partial charge in [-0.15, -0.1) is 0 Å². The lowest BCUT2D eigenvalue weighted by Gasteiger charge is -2.13. The molecule has 0 radical (unpaired) electrons. The zero-order valence-corrected chi connectivity index (χ0v) is 11.3. The number of nitrogens with two attached hydrogens (primary N) is 1. The first kappa shape index (κ1) is 14.7. The zero-order chi connectivity index (χ0) is 13.5. The van der Waals surface area contributed by atoms with Crippen molar-refractivity contribution in [1.82, 2.24) is 0 Å². The summed E-state index contributed by atoms with van der Waals surface area (Å²) in [5.41, 5.74) is 8.96. The third kappa shape index (κ3) is 4.47. The first-order valence-electron chi connectivity index (χ1n) is 6.17. The van der Waals surface area contributed by atoms with Crippen LogP contribution in [0, 0.1) is 13.8 Å². The third-order valence-electron chi connectivity index (χ3n) is 2.97. The molecule has 100 valence electrons. The van der Waals surface area contributed by atoms with E-state index in [-0.39, 0.29) is 5.91 Å². The van der Waals surface area contributed by atoms with E-state index in [0.29, 0.717) is 13.0 Å². The fourth-order valence-electron chi connectivity index (χ4n) is 1.63. The number of carbonyl (C=O) groups excluding carboxylic acids is 1. The first-order valence-corrected chi connectivity index (χ1v) is 6.17. The maximum atomic E-state index is 11.8. The molecule has 0 saturated heterocycles. The Morgan fingerprint density at radius 2 is 2.11 bits per heavy atom. The topological polar surface area (TPSA) is 64.3 Å². The monoisotopic (exact) mass is 250 g/mol. The molecule has 4 heteroatoms. The Balaban J connectivity index is 2.50. The van der Waals surface area contributed by atoms with Gasteiger partial charge in [0.15, 0.2) is 0 Å². The van der Waals surface area contributed by atoms with Gasteiger partial charge in [0.2, 0.25) is 5.91 Å². The molecule has 3 N–H and O–H groups in total. The Labute approximate surface area is 109 Å². The van der Waals surface area contributed by atoms with Gasteiger partial charge in [-0.05, 0) is 49.9 Å². The number of hydrogen-bond donors (Lipinski definition) is 2. The summed E-state index contributed by atoms with van der Waals surface area (Å²) in [6, 6.07) is 5.35. The van der Waals surface area contributed by atoms with Crippen LogP contribution in [-0.4, -0.2) is 25.7 Å². The van der Waals surface area contributed by atoms with E-state index in [2.05, 4.69) is 5.32 Å². The second kappa shape index (κ2) is 7.13. The molecule has 0 spiro atoms. The molecule has 0 saturated carbocycles. The molecule has 0 fully saturated rings. The van der Waals surface area contributed by atoms with Crippen molar-refractivity contribution in [2.24, 2.45) is 5.73 Å². The van der Waals surface area contributed by atoms with Crippen LogP contribution in [0.1, 0.15) is 24.0 Å². The van der Waals surface area contributed by atoms with Crippen LogP contribution < -0.4 is 11.1 Å². The van der Waals surface area contributed by atoms with Gasteiger partial charge in [-0.25, -0.2) is 0 Å². The Hall–Kier alpha value is -1.39. The molecule has 0 aromatic heterocycles. The molecule has 0 aliphatic carbocycles. The average molecular weight is 250 g/mol. The number of hydrogen-bond acceptors (Lipinski definition) is 3.